The molecule has 23 heavy (non-hydrogen) atoms. The largest absolute Gasteiger partial charge is 0.333 e. The fourth-order valence-corrected chi connectivity index (χ4v) is 2.91. The Bertz CT molecular complexity index is 757. The maximum atomic E-state index is 12.7. The Hall–Kier alpha value is -2.47. The Labute approximate surface area is 134 Å². The summed E-state index contributed by atoms with van der Waals surface area (Å²) in [6, 6.07) is 8.90. The van der Waals surface area contributed by atoms with E-state index >= 15 is 0 Å². The highest BCUT2D eigenvalue weighted by Gasteiger charge is 2.27. The van der Waals surface area contributed by atoms with Gasteiger partial charge in [-0.05, 0) is 38.2 Å². The molecule has 0 saturated carbocycles. The second-order valence-electron chi connectivity index (χ2n) is 5.94. The van der Waals surface area contributed by atoms with Crippen LogP contribution >= 0.6 is 0 Å². The average Bonchev–Trinajstić information content (AvgIpc) is 2.55. The lowest BCUT2D eigenvalue weighted by Crippen LogP contribution is -2.53. The highest BCUT2D eigenvalue weighted by molar-refractivity contribution is 5.94. The summed E-state index contributed by atoms with van der Waals surface area (Å²) in [4.78, 5) is 35.9. The van der Waals surface area contributed by atoms with Crippen LogP contribution in [0.4, 0.5) is 0 Å². The zero-order valence-electron chi connectivity index (χ0n) is 13.3. The van der Waals surface area contributed by atoms with Crippen LogP contribution in [0.25, 0.3) is 11.4 Å². The van der Waals surface area contributed by atoms with E-state index in [0.717, 1.165) is 13.1 Å². The van der Waals surface area contributed by atoms with Crippen LogP contribution in [0.5, 0.6) is 0 Å². The number of aromatic amines is 1. The number of nitrogens with one attached hydrogen (secondary N) is 1. The molecule has 120 valence electrons. The van der Waals surface area contributed by atoms with Crippen LogP contribution in [0.15, 0.2) is 41.3 Å². The number of pyridine rings is 2. The molecule has 0 aliphatic carbocycles. The Balaban J connectivity index is 1.86. The molecule has 1 aliphatic rings. The van der Waals surface area contributed by atoms with E-state index in [-0.39, 0.29) is 23.1 Å². The number of aromatic nitrogens is 2. The Morgan fingerprint density at radius 1 is 1.26 bits per heavy atom. The molecule has 1 unspecified atom stereocenters. The number of likely N-dealkylation sites (N-methyl/N-ethyl adjacent to an activating group) is 1. The summed E-state index contributed by atoms with van der Waals surface area (Å²) in [6.45, 7) is 4.28. The third kappa shape index (κ3) is 3.17. The van der Waals surface area contributed by atoms with Crippen LogP contribution in [0, 0.1) is 0 Å². The second-order valence-corrected chi connectivity index (χ2v) is 5.94. The number of hydrogen-bond donors (Lipinski definition) is 1. The van der Waals surface area contributed by atoms with Crippen LogP contribution in [0.1, 0.15) is 17.3 Å². The first-order valence-corrected chi connectivity index (χ1v) is 7.70. The highest BCUT2D eigenvalue weighted by Crippen LogP contribution is 2.14. The van der Waals surface area contributed by atoms with E-state index in [1.165, 1.54) is 0 Å². The van der Waals surface area contributed by atoms with Gasteiger partial charge in [-0.15, -0.1) is 0 Å². The topological polar surface area (TPSA) is 69.3 Å². The van der Waals surface area contributed by atoms with Gasteiger partial charge < -0.3 is 14.8 Å². The average molecular weight is 312 g/mol. The van der Waals surface area contributed by atoms with E-state index in [4.69, 9.17) is 0 Å². The maximum Gasteiger partial charge on any atom is 0.261 e. The van der Waals surface area contributed by atoms with Gasteiger partial charge in [0.05, 0.1) is 11.4 Å². The number of nitrogens with zero attached hydrogens (tertiary/aromatic N) is 3. The smallest absolute Gasteiger partial charge is 0.261 e. The fraction of sp³-hybridized carbons (Fsp3) is 0.353. The SMILES string of the molecule is CC1CN(C)CCN1C(=O)c1ccc(-c2ccccn2)[nH]c1=O. The Morgan fingerprint density at radius 3 is 2.74 bits per heavy atom. The van der Waals surface area contributed by atoms with Crippen LogP contribution in [0.3, 0.4) is 0 Å². The predicted molar refractivity (Wildman–Crippen MR) is 88.3 cm³/mol. The molecule has 6 heteroatoms. The molecule has 2 aromatic heterocycles. The number of hydrogen-bond acceptors (Lipinski definition) is 4. The minimum atomic E-state index is -0.371. The van der Waals surface area contributed by atoms with Crippen molar-refractivity contribution in [2.75, 3.05) is 26.7 Å². The van der Waals surface area contributed by atoms with Crippen molar-refractivity contribution < 1.29 is 4.79 Å². The van der Waals surface area contributed by atoms with Gasteiger partial charge in [0.15, 0.2) is 0 Å². The quantitative estimate of drug-likeness (QED) is 0.905. The summed E-state index contributed by atoms with van der Waals surface area (Å²) in [5, 5.41) is 0. The van der Waals surface area contributed by atoms with Crippen molar-refractivity contribution >= 4 is 5.91 Å². The highest BCUT2D eigenvalue weighted by atomic mass is 16.2. The number of carbonyl (C=O) groups is 1. The third-order valence-corrected chi connectivity index (χ3v) is 4.17. The number of amides is 1. The Kier molecular flexibility index (Phi) is 4.25. The molecule has 0 spiro atoms. The normalized spacial score (nSPS) is 18.9. The lowest BCUT2D eigenvalue weighted by atomic mass is 10.1. The van der Waals surface area contributed by atoms with Crippen molar-refractivity contribution in [2.24, 2.45) is 0 Å². The van der Waals surface area contributed by atoms with E-state index in [2.05, 4.69) is 14.9 Å². The zero-order chi connectivity index (χ0) is 16.4. The molecular formula is C17H20N4O2. The summed E-state index contributed by atoms with van der Waals surface area (Å²) in [5.74, 6) is -0.209. The standard InChI is InChI=1S/C17H20N4O2/c1-12-11-20(2)9-10-21(12)17(23)13-6-7-15(19-16(13)22)14-5-3-4-8-18-14/h3-8,12H,9-11H2,1-2H3,(H,19,22). The van der Waals surface area contributed by atoms with Gasteiger partial charge in [-0.1, -0.05) is 6.07 Å². The summed E-state index contributed by atoms with van der Waals surface area (Å²) in [6.07, 6.45) is 1.67. The zero-order valence-corrected chi connectivity index (χ0v) is 13.3. The van der Waals surface area contributed by atoms with Crippen LogP contribution < -0.4 is 5.56 Å². The summed E-state index contributed by atoms with van der Waals surface area (Å²) in [7, 11) is 2.03. The van der Waals surface area contributed by atoms with E-state index in [0.29, 0.717) is 17.9 Å². The first-order chi connectivity index (χ1) is 11.1. The van der Waals surface area contributed by atoms with Gasteiger partial charge in [0.2, 0.25) is 0 Å². The molecule has 1 amide bonds. The molecule has 1 saturated heterocycles. The molecule has 6 nitrogen and oxygen atoms in total. The molecule has 0 radical (unpaired) electrons. The maximum absolute atomic E-state index is 12.7. The van der Waals surface area contributed by atoms with E-state index in [1.807, 2.05) is 32.2 Å². The van der Waals surface area contributed by atoms with Crippen molar-refractivity contribution in [2.45, 2.75) is 13.0 Å². The number of carbonyl (C=O) groups excluding carboxylic acids is 1. The lowest BCUT2D eigenvalue weighted by Gasteiger charge is -2.38. The molecule has 3 heterocycles. The van der Waals surface area contributed by atoms with Crippen LogP contribution in [-0.2, 0) is 0 Å². The summed E-state index contributed by atoms with van der Waals surface area (Å²) in [5.41, 5.74) is 1.10. The number of H-pyrrole nitrogens is 1. The molecule has 1 fully saturated rings. The lowest BCUT2D eigenvalue weighted by molar-refractivity contribution is 0.0532. The molecular weight excluding hydrogens is 292 g/mol. The van der Waals surface area contributed by atoms with Crippen molar-refractivity contribution in [3.8, 4) is 11.4 Å². The molecule has 1 aliphatic heterocycles. The molecule has 0 bridgehead atoms. The van der Waals surface area contributed by atoms with Crippen molar-refractivity contribution in [1.82, 2.24) is 19.8 Å². The van der Waals surface area contributed by atoms with Crippen LogP contribution in [-0.4, -0.2) is 58.4 Å². The monoisotopic (exact) mass is 312 g/mol. The Morgan fingerprint density at radius 2 is 2.09 bits per heavy atom. The number of rotatable bonds is 2. The van der Waals surface area contributed by atoms with Gasteiger partial charge in [-0.25, -0.2) is 0 Å². The minimum absolute atomic E-state index is 0.0936. The van der Waals surface area contributed by atoms with Crippen molar-refractivity contribution in [3.05, 3.63) is 52.4 Å². The summed E-state index contributed by atoms with van der Waals surface area (Å²) < 4.78 is 0. The molecule has 1 atom stereocenters. The molecule has 1 N–H and O–H groups in total. The van der Waals surface area contributed by atoms with Gasteiger partial charge in [0.25, 0.3) is 11.5 Å². The molecule has 2 aromatic rings. The van der Waals surface area contributed by atoms with E-state index in [1.54, 1.807) is 23.2 Å². The van der Waals surface area contributed by atoms with Crippen molar-refractivity contribution in [1.29, 1.82) is 0 Å². The second kappa shape index (κ2) is 6.34. The predicted octanol–water partition coefficient (Wildman–Crippen LogP) is 1.21. The van der Waals surface area contributed by atoms with E-state index < -0.39 is 0 Å². The van der Waals surface area contributed by atoms with Gasteiger partial charge in [0.1, 0.15) is 5.56 Å². The van der Waals surface area contributed by atoms with Crippen molar-refractivity contribution in [3.63, 3.8) is 0 Å². The third-order valence-electron chi connectivity index (χ3n) is 4.17. The van der Waals surface area contributed by atoms with Gasteiger partial charge in [-0.3, -0.25) is 14.6 Å². The van der Waals surface area contributed by atoms with Crippen LogP contribution in [0.2, 0.25) is 0 Å². The van der Waals surface area contributed by atoms with E-state index in [9.17, 15) is 9.59 Å². The first-order valence-electron chi connectivity index (χ1n) is 7.70. The molecule has 3 rings (SSSR count). The fourth-order valence-electron chi connectivity index (χ4n) is 2.91. The minimum Gasteiger partial charge on any atom is -0.333 e. The van der Waals surface area contributed by atoms with Gasteiger partial charge >= 0.3 is 0 Å². The van der Waals surface area contributed by atoms with Gasteiger partial charge in [0, 0.05) is 31.9 Å². The number of piperazine rings is 1. The summed E-state index contributed by atoms with van der Waals surface area (Å²) >= 11 is 0. The van der Waals surface area contributed by atoms with Gasteiger partial charge in [-0.2, -0.15) is 0 Å². The molecule has 0 aromatic carbocycles. The first kappa shape index (κ1) is 15.4.